The largest absolute Gasteiger partial charge is 0.192 e. The molecule has 0 aliphatic rings. The third-order valence-corrected chi connectivity index (χ3v) is 6.50. The van der Waals surface area contributed by atoms with Crippen LogP contribution in [0.3, 0.4) is 0 Å². The Labute approximate surface area is 197 Å². The van der Waals surface area contributed by atoms with Gasteiger partial charge in [-0.05, 0) is 82.6 Å². The average Bonchev–Trinajstić information content (AvgIpc) is 2.86. The van der Waals surface area contributed by atoms with Crippen LogP contribution in [0.15, 0.2) is 72.8 Å². The molecule has 4 rings (SSSR count). The summed E-state index contributed by atoms with van der Waals surface area (Å²) in [4.78, 5) is 0. The van der Waals surface area contributed by atoms with Gasteiger partial charge in [-0.1, -0.05) is 80.6 Å². The maximum atomic E-state index is 9.03. The Morgan fingerprint density at radius 2 is 0.788 bits per heavy atom. The summed E-state index contributed by atoms with van der Waals surface area (Å²) in [5, 5.41) is 22.8. The molecular formula is C31H30N2. The normalized spacial score (nSPS) is 10.8. The number of fused-ring (bicyclic) bond motifs is 2. The monoisotopic (exact) mass is 430 g/mol. The van der Waals surface area contributed by atoms with E-state index >= 15 is 0 Å². The Balaban J connectivity index is 1.10. The van der Waals surface area contributed by atoms with Gasteiger partial charge in [0.2, 0.25) is 0 Å². The van der Waals surface area contributed by atoms with Crippen molar-refractivity contribution in [3.05, 3.63) is 95.1 Å². The summed E-state index contributed by atoms with van der Waals surface area (Å²) < 4.78 is 0. The predicted octanol–water partition coefficient (Wildman–Crippen LogP) is 8.25. The lowest BCUT2D eigenvalue weighted by atomic mass is 9.99. The molecule has 0 spiro atoms. The molecule has 4 aromatic rings. The first-order valence-corrected chi connectivity index (χ1v) is 12.1. The summed E-state index contributed by atoms with van der Waals surface area (Å²) >= 11 is 0. The van der Waals surface area contributed by atoms with Crippen molar-refractivity contribution in [3.8, 4) is 12.1 Å². The number of hydrogen-bond acceptors (Lipinski definition) is 2. The first kappa shape index (κ1) is 22.6. The van der Waals surface area contributed by atoms with E-state index in [1.165, 1.54) is 66.8 Å². The minimum atomic E-state index is 0.725. The fourth-order valence-corrected chi connectivity index (χ4v) is 4.58. The van der Waals surface area contributed by atoms with E-state index in [1.807, 2.05) is 24.3 Å². The van der Waals surface area contributed by atoms with E-state index < -0.39 is 0 Å². The molecule has 0 heterocycles. The molecule has 0 bridgehead atoms. The van der Waals surface area contributed by atoms with Gasteiger partial charge in [0, 0.05) is 0 Å². The van der Waals surface area contributed by atoms with E-state index in [1.54, 1.807) is 0 Å². The summed E-state index contributed by atoms with van der Waals surface area (Å²) in [6.07, 6.45) is 11.3. The standard InChI is InChI=1S/C31H30N2/c32-22-26-12-16-28-18-24(10-14-30(28)20-26)8-6-4-2-1-3-5-7-9-25-11-15-31-21-27(23-33)13-17-29(31)19-25/h10-21H,1-9H2. The summed E-state index contributed by atoms with van der Waals surface area (Å²) in [5.74, 6) is 0. The fourth-order valence-electron chi connectivity index (χ4n) is 4.58. The minimum absolute atomic E-state index is 0.725. The van der Waals surface area contributed by atoms with Gasteiger partial charge < -0.3 is 0 Å². The van der Waals surface area contributed by atoms with Crippen molar-refractivity contribution in [1.82, 2.24) is 0 Å². The smallest absolute Gasteiger partial charge is 0.0991 e. The molecule has 0 unspecified atom stereocenters. The van der Waals surface area contributed by atoms with Crippen molar-refractivity contribution < 1.29 is 0 Å². The second kappa shape index (κ2) is 11.3. The molecule has 0 radical (unpaired) electrons. The van der Waals surface area contributed by atoms with Crippen molar-refractivity contribution in [2.24, 2.45) is 0 Å². The van der Waals surface area contributed by atoms with Gasteiger partial charge in [-0.3, -0.25) is 0 Å². The van der Waals surface area contributed by atoms with Crippen molar-refractivity contribution in [2.45, 2.75) is 57.8 Å². The Hall–Kier alpha value is -3.62. The highest BCUT2D eigenvalue weighted by atomic mass is 14.2. The van der Waals surface area contributed by atoms with Crippen molar-refractivity contribution in [3.63, 3.8) is 0 Å². The SMILES string of the molecule is N#Cc1ccc2cc(CCCCCCCCCc3ccc4cc(C#N)ccc4c3)ccc2c1. The molecule has 2 heteroatoms. The van der Waals surface area contributed by atoms with Gasteiger partial charge in [-0.25, -0.2) is 0 Å². The third-order valence-electron chi connectivity index (χ3n) is 6.50. The van der Waals surface area contributed by atoms with E-state index in [4.69, 9.17) is 10.5 Å². The first-order valence-electron chi connectivity index (χ1n) is 12.1. The summed E-state index contributed by atoms with van der Waals surface area (Å²) in [6, 6.07) is 29.5. The van der Waals surface area contributed by atoms with Crippen LogP contribution < -0.4 is 0 Å². The Kier molecular flexibility index (Phi) is 7.73. The van der Waals surface area contributed by atoms with Gasteiger partial charge >= 0.3 is 0 Å². The molecule has 164 valence electrons. The van der Waals surface area contributed by atoms with Crippen LogP contribution in [0.1, 0.15) is 67.2 Å². The topological polar surface area (TPSA) is 47.6 Å². The van der Waals surface area contributed by atoms with Crippen molar-refractivity contribution >= 4 is 21.5 Å². The van der Waals surface area contributed by atoms with Crippen LogP contribution in [0.25, 0.3) is 21.5 Å². The molecule has 0 aromatic heterocycles. The summed E-state index contributed by atoms with van der Waals surface area (Å²) in [6.45, 7) is 0. The molecule has 0 N–H and O–H groups in total. The molecule has 0 amide bonds. The summed E-state index contributed by atoms with van der Waals surface area (Å²) in [7, 11) is 0. The predicted molar refractivity (Wildman–Crippen MR) is 137 cm³/mol. The zero-order chi connectivity index (χ0) is 22.9. The zero-order valence-electron chi connectivity index (χ0n) is 19.2. The van der Waals surface area contributed by atoms with Crippen LogP contribution in [0.2, 0.25) is 0 Å². The number of aryl methyl sites for hydroxylation is 2. The van der Waals surface area contributed by atoms with Gasteiger partial charge in [0.15, 0.2) is 0 Å². The van der Waals surface area contributed by atoms with E-state index in [-0.39, 0.29) is 0 Å². The zero-order valence-corrected chi connectivity index (χ0v) is 19.2. The van der Waals surface area contributed by atoms with E-state index in [0.29, 0.717) is 0 Å². The number of nitrogens with zero attached hydrogens (tertiary/aromatic N) is 2. The van der Waals surface area contributed by atoms with Crippen molar-refractivity contribution in [1.29, 1.82) is 10.5 Å². The van der Waals surface area contributed by atoms with Crippen LogP contribution in [-0.2, 0) is 12.8 Å². The molecule has 33 heavy (non-hydrogen) atoms. The molecule has 4 aromatic carbocycles. The molecule has 0 aliphatic heterocycles. The second-order valence-electron chi connectivity index (χ2n) is 8.99. The average molecular weight is 431 g/mol. The lowest BCUT2D eigenvalue weighted by Crippen LogP contribution is -1.89. The van der Waals surface area contributed by atoms with Gasteiger partial charge in [-0.15, -0.1) is 0 Å². The van der Waals surface area contributed by atoms with Gasteiger partial charge in [0.1, 0.15) is 0 Å². The lowest BCUT2D eigenvalue weighted by molar-refractivity contribution is 0.579. The number of rotatable bonds is 10. The minimum Gasteiger partial charge on any atom is -0.192 e. The Morgan fingerprint density at radius 1 is 0.424 bits per heavy atom. The molecule has 0 fully saturated rings. The third kappa shape index (κ3) is 6.21. The van der Waals surface area contributed by atoms with Gasteiger partial charge in [-0.2, -0.15) is 10.5 Å². The van der Waals surface area contributed by atoms with Gasteiger partial charge in [0.05, 0.1) is 23.3 Å². The molecule has 0 aliphatic carbocycles. The number of unbranched alkanes of at least 4 members (excludes halogenated alkanes) is 6. The Morgan fingerprint density at radius 3 is 1.21 bits per heavy atom. The van der Waals surface area contributed by atoms with Crippen LogP contribution >= 0.6 is 0 Å². The molecule has 0 atom stereocenters. The summed E-state index contributed by atoms with van der Waals surface area (Å²) in [5.41, 5.74) is 4.24. The quantitative estimate of drug-likeness (QED) is 0.238. The van der Waals surface area contributed by atoms with Gasteiger partial charge in [0.25, 0.3) is 0 Å². The maximum absolute atomic E-state index is 9.03. The molecule has 2 nitrogen and oxygen atoms in total. The molecule has 0 saturated heterocycles. The van der Waals surface area contributed by atoms with Crippen LogP contribution in [0.4, 0.5) is 0 Å². The number of hydrogen-bond donors (Lipinski definition) is 0. The van der Waals surface area contributed by atoms with Crippen LogP contribution in [-0.4, -0.2) is 0 Å². The number of benzene rings is 4. The highest BCUT2D eigenvalue weighted by Crippen LogP contribution is 2.21. The number of nitriles is 2. The van der Waals surface area contributed by atoms with Crippen LogP contribution in [0.5, 0.6) is 0 Å². The maximum Gasteiger partial charge on any atom is 0.0991 e. The van der Waals surface area contributed by atoms with E-state index in [9.17, 15) is 0 Å². The molecule has 0 saturated carbocycles. The lowest BCUT2D eigenvalue weighted by Gasteiger charge is -2.06. The molecular weight excluding hydrogens is 400 g/mol. The van der Waals surface area contributed by atoms with Crippen LogP contribution in [0, 0.1) is 22.7 Å². The highest BCUT2D eigenvalue weighted by Gasteiger charge is 2.01. The fraction of sp³-hybridized carbons (Fsp3) is 0.290. The first-order chi connectivity index (χ1) is 16.2. The Bertz CT molecular complexity index is 1220. The highest BCUT2D eigenvalue weighted by molar-refractivity contribution is 5.85. The van der Waals surface area contributed by atoms with E-state index in [0.717, 1.165) is 34.7 Å². The van der Waals surface area contributed by atoms with Crippen molar-refractivity contribution in [2.75, 3.05) is 0 Å². The second-order valence-corrected chi connectivity index (χ2v) is 8.99. The van der Waals surface area contributed by atoms with E-state index in [2.05, 4.69) is 60.7 Å².